The summed E-state index contributed by atoms with van der Waals surface area (Å²) in [6, 6.07) is 2.66. The summed E-state index contributed by atoms with van der Waals surface area (Å²) in [5.41, 5.74) is 0.140. The van der Waals surface area contributed by atoms with Crippen LogP contribution in [0.5, 0.6) is 0 Å². The summed E-state index contributed by atoms with van der Waals surface area (Å²) in [5, 5.41) is 11.4. The normalized spacial score (nSPS) is 16.2. The minimum Gasteiger partial charge on any atom is -0.336 e. The number of amides is 1. The van der Waals surface area contributed by atoms with E-state index < -0.39 is 17.8 Å². The number of pyridine rings is 1. The van der Waals surface area contributed by atoms with Gasteiger partial charge in [0, 0.05) is 6.20 Å². The van der Waals surface area contributed by atoms with Crippen molar-refractivity contribution in [1.82, 2.24) is 10.3 Å². The summed E-state index contributed by atoms with van der Waals surface area (Å²) >= 11 is 0. The molecule has 1 aromatic heterocycles. The number of hydrogen-bond acceptors (Lipinski definition) is 3. The van der Waals surface area contributed by atoms with Crippen molar-refractivity contribution in [3.8, 4) is 6.07 Å². The second kappa shape index (κ2) is 4.27. The molecule has 1 aliphatic rings. The van der Waals surface area contributed by atoms with Crippen LogP contribution >= 0.6 is 0 Å². The maximum absolute atomic E-state index is 12.8. The quantitative estimate of drug-likeness (QED) is 0.832. The first-order valence-electron chi connectivity index (χ1n) is 5.01. The van der Waals surface area contributed by atoms with E-state index in [0.29, 0.717) is 0 Å². The Morgan fingerprint density at radius 1 is 1.62 bits per heavy atom. The predicted molar refractivity (Wildman–Crippen MR) is 53.8 cm³/mol. The van der Waals surface area contributed by atoms with Gasteiger partial charge >= 0.3 is 0 Å². The number of carbonyl (C=O) groups excluding carboxylic acids is 1. The molecule has 1 N–H and O–H groups in total. The van der Waals surface area contributed by atoms with Crippen molar-refractivity contribution in [2.24, 2.45) is 5.92 Å². The lowest BCUT2D eigenvalue weighted by Crippen LogP contribution is -2.35. The number of aromatic nitrogens is 1. The smallest absolute Gasteiger partial charge is 0.253 e. The van der Waals surface area contributed by atoms with E-state index in [9.17, 15) is 9.18 Å². The van der Waals surface area contributed by atoms with E-state index in [2.05, 4.69) is 10.3 Å². The van der Waals surface area contributed by atoms with E-state index in [1.807, 2.05) is 6.07 Å². The van der Waals surface area contributed by atoms with Gasteiger partial charge in [-0.15, -0.1) is 0 Å². The number of halogens is 1. The molecule has 82 valence electrons. The number of rotatable bonds is 3. The first-order valence-corrected chi connectivity index (χ1v) is 5.01. The number of carbonyl (C=O) groups is 1. The SMILES string of the molecule is N#CC(NC(=O)c1cncc(F)c1)C1CC1. The number of nitrogens with one attached hydrogen (secondary N) is 1. The number of hydrogen-bond donors (Lipinski definition) is 1. The Bertz CT molecular complexity index is 451. The van der Waals surface area contributed by atoms with Crippen LogP contribution in [0.2, 0.25) is 0 Å². The molecular formula is C11H10FN3O. The lowest BCUT2D eigenvalue weighted by atomic mass is 10.2. The minimum absolute atomic E-state index is 0.140. The molecule has 1 saturated carbocycles. The average molecular weight is 219 g/mol. The topological polar surface area (TPSA) is 65.8 Å². The van der Waals surface area contributed by atoms with Gasteiger partial charge in [-0.05, 0) is 24.8 Å². The van der Waals surface area contributed by atoms with Crippen molar-refractivity contribution in [3.05, 3.63) is 29.8 Å². The van der Waals surface area contributed by atoms with Gasteiger partial charge in [0.1, 0.15) is 11.9 Å². The third-order valence-corrected chi connectivity index (χ3v) is 2.49. The summed E-state index contributed by atoms with van der Waals surface area (Å²) in [7, 11) is 0. The van der Waals surface area contributed by atoms with Crippen LogP contribution in [0.15, 0.2) is 18.5 Å². The summed E-state index contributed by atoms with van der Waals surface area (Å²) in [4.78, 5) is 15.2. The first kappa shape index (κ1) is 10.6. The van der Waals surface area contributed by atoms with Gasteiger partial charge in [-0.1, -0.05) is 0 Å². The van der Waals surface area contributed by atoms with Crippen molar-refractivity contribution in [2.45, 2.75) is 18.9 Å². The fourth-order valence-corrected chi connectivity index (χ4v) is 1.45. The van der Waals surface area contributed by atoms with Gasteiger partial charge in [-0.25, -0.2) is 4.39 Å². The highest BCUT2D eigenvalue weighted by atomic mass is 19.1. The van der Waals surface area contributed by atoms with Gasteiger partial charge in [-0.3, -0.25) is 9.78 Å². The molecule has 0 spiro atoms. The van der Waals surface area contributed by atoms with E-state index in [1.165, 1.54) is 6.20 Å². The van der Waals surface area contributed by atoms with Gasteiger partial charge in [0.2, 0.25) is 0 Å². The Morgan fingerprint density at radius 3 is 2.94 bits per heavy atom. The van der Waals surface area contributed by atoms with Crippen molar-refractivity contribution >= 4 is 5.91 Å². The molecule has 0 aromatic carbocycles. The molecule has 1 atom stereocenters. The van der Waals surface area contributed by atoms with Crippen LogP contribution < -0.4 is 5.32 Å². The van der Waals surface area contributed by atoms with Crippen LogP contribution in [0.1, 0.15) is 23.2 Å². The lowest BCUT2D eigenvalue weighted by Gasteiger charge is -2.09. The molecule has 2 rings (SSSR count). The minimum atomic E-state index is -0.562. The van der Waals surface area contributed by atoms with Crippen LogP contribution in [-0.2, 0) is 0 Å². The zero-order valence-electron chi connectivity index (χ0n) is 8.48. The molecule has 16 heavy (non-hydrogen) atoms. The summed E-state index contributed by atoms with van der Waals surface area (Å²) in [5.74, 6) is -0.770. The van der Waals surface area contributed by atoms with E-state index in [-0.39, 0.29) is 11.5 Å². The Balaban J connectivity index is 2.05. The summed E-state index contributed by atoms with van der Waals surface area (Å²) in [6.45, 7) is 0. The molecule has 0 radical (unpaired) electrons. The Labute approximate surface area is 92.1 Å². The van der Waals surface area contributed by atoms with Crippen LogP contribution in [0.4, 0.5) is 4.39 Å². The third-order valence-electron chi connectivity index (χ3n) is 2.49. The standard InChI is InChI=1S/C11H10FN3O/c12-9-3-8(5-14-6-9)11(16)15-10(4-13)7-1-2-7/h3,5-7,10H,1-2H2,(H,15,16). The molecular weight excluding hydrogens is 209 g/mol. The summed E-state index contributed by atoms with van der Waals surface area (Å²) < 4.78 is 12.8. The van der Waals surface area contributed by atoms with Crippen molar-refractivity contribution in [1.29, 1.82) is 5.26 Å². The molecule has 1 amide bonds. The molecule has 0 aliphatic heterocycles. The highest BCUT2D eigenvalue weighted by Gasteiger charge is 2.32. The largest absolute Gasteiger partial charge is 0.336 e. The van der Waals surface area contributed by atoms with Gasteiger partial charge in [-0.2, -0.15) is 5.26 Å². The van der Waals surface area contributed by atoms with Crippen LogP contribution in [0.25, 0.3) is 0 Å². The summed E-state index contributed by atoms with van der Waals surface area (Å²) in [6.07, 6.45) is 4.22. The van der Waals surface area contributed by atoms with E-state index in [0.717, 1.165) is 25.1 Å². The van der Waals surface area contributed by atoms with Crippen LogP contribution in [0.3, 0.4) is 0 Å². The lowest BCUT2D eigenvalue weighted by molar-refractivity contribution is 0.0941. The predicted octanol–water partition coefficient (Wildman–Crippen LogP) is 1.25. The molecule has 1 unspecified atom stereocenters. The Kier molecular flexibility index (Phi) is 2.82. The molecule has 1 heterocycles. The number of nitrogens with zero attached hydrogens (tertiary/aromatic N) is 2. The monoisotopic (exact) mass is 219 g/mol. The molecule has 4 nitrogen and oxygen atoms in total. The Morgan fingerprint density at radius 2 is 2.38 bits per heavy atom. The third kappa shape index (κ3) is 2.34. The van der Waals surface area contributed by atoms with E-state index in [1.54, 1.807) is 0 Å². The zero-order chi connectivity index (χ0) is 11.5. The molecule has 1 aromatic rings. The van der Waals surface area contributed by atoms with Crippen LogP contribution in [0, 0.1) is 23.1 Å². The van der Waals surface area contributed by atoms with Crippen molar-refractivity contribution < 1.29 is 9.18 Å². The zero-order valence-corrected chi connectivity index (χ0v) is 8.48. The van der Waals surface area contributed by atoms with E-state index in [4.69, 9.17) is 5.26 Å². The molecule has 1 fully saturated rings. The average Bonchev–Trinajstić information content (AvgIpc) is 3.09. The second-order valence-corrected chi connectivity index (χ2v) is 3.81. The van der Waals surface area contributed by atoms with Crippen molar-refractivity contribution in [3.63, 3.8) is 0 Å². The molecule has 0 bridgehead atoms. The maximum Gasteiger partial charge on any atom is 0.253 e. The van der Waals surface area contributed by atoms with E-state index >= 15 is 0 Å². The molecule has 1 aliphatic carbocycles. The van der Waals surface area contributed by atoms with Crippen molar-refractivity contribution in [2.75, 3.05) is 0 Å². The van der Waals surface area contributed by atoms with Crippen LogP contribution in [-0.4, -0.2) is 16.9 Å². The Hall–Kier alpha value is -1.96. The maximum atomic E-state index is 12.8. The van der Waals surface area contributed by atoms with Gasteiger partial charge in [0.25, 0.3) is 5.91 Å². The fraction of sp³-hybridized carbons (Fsp3) is 0.364. The molecule has 0 saturated heterocycles. The number of nitriles is 1. The first-order chi connectivity index (χ1) is 7.70. The van der Waals surface area contributed by atoms with Gasteiger partial charge < -0.3 is 5.32 Å². The fourth-order valence-electron chi connectivity index (χ4n) is 1.45. The highest BCUT2D eigenvalue weighted by Crippen LogP contribution is 2.32. The van der Waals surface area contributed by atoms with Gasteiger partial charge in [0.05, 0.1) is 17.8 Å². The van der Waals surface area contributed by atoms with Gasteiger partial charge in [0.15, 0.2) is 0 Å². The second-order valence-electron chi connectivity index (χ2n) is 3.81. The highest BCUT2D eigenvalue weighted by molar-refractivity contribution is 5.94. The molecule has 5 heteroatoms.